The van der Waals surface area contributed by atoms with Gasteiger partial charge in [-0.1, -0.05) is 30.3 Å². The lowest BCUT2D eigenvalue weighted by Gasteiger charge is -2.37. The highest BCUT2D eigenvalue weighted by atomic mass is 19.4. The number of aromatic nitrogens is 1. The number of amides is 2. The van der Waals surface area contributed by atoms with Crippen LogP contribution in [0.4, 0.5) is 13.2 Å². The first-order chi connectivity index (χ1) is 11.8. The molecule has 0 radical (unpaired) electrons. The number of alkyl halides is 3. The normalized spacial score (nSPS) is 23.2. The lowest BCUT2D eigenvalue weighted by molar-refractivity contribution is -0.141. The summed E-state index contributed by atoms with van der Waals surface area (Å²) in [5, 5.41) is 2.31. The van der Waals surface area contributed by atoms with Crippen molar-refractivity contribution in [1.82, 2.24) is 10.3 Å². The van der Waals surface area contributed by atoms with E-state index in [9.17, 15) is 22.8 Å². The van der Waals surface area contributed by atoms with Crippen molar-refractivity contribution < 1.29 is 22.8 Å². The second kappa shape index (κ2) is 5.15. The average Bonchev–Trinajstić information content (AvgIpc) is 3.40. The number of hydrogen-bond acceptors (Lipinski definition) is 3. The van der Waals surface area contributed by atoms with Crippen LogP contribution in [0, 0.1) is 5.92 Å². The van der Waals surface area contributed by atoms with Crippen molar-refractivity contribution in [3.8, 4) is 0 Å². The van der Waals surface area contributed by atoms with Gasteiger partial charge in [-0.3, -0.25) is 14.9 Å². The molecule has 2 amide bonds. The molecular formula is C18H13F3N2O2. The van der Waals surface area contributed by atoms with Crippen molar-refractivity contribution in [1.29, 1.82) is 0 Å². The van der Waals surface area contributed by atoms with Crippen LogP contribution in [0.2, 0.25) is 0 Å². The van der Waals surface area contributed by atoms with Crippen LogP contribution in [-0.2, 0) is 16.4 Å². The fourth-order valence-electron chi connectivity index (χ4n) is 3.58. The van der Waals surface area contributed by atoms with Gasteiger partial charge in [0.15, 0.2) is 0 Å². The molecule has 1 aliphatic heterocycles. The van der Waals surface area contributed by atoms with E-state index >= 15 is 0 Å². The number of imide groups is 1. The minimum Gasteiger partial charge on any atom is -0.291 e. The van der Waals surface area contributed by atoms with Crippen LogP contribution < -0.4 is 5.32 Å². The van der Waals surface area contributed by atoms with Crippen molar-refractivity contribution in [2.75, 3.05) is 0 Å². The van der Waals surface area contributed by atoms with E-state index < -0.39 is 29.1 Å². The first-order valence-electron chi connectivity index (χ1n) is 7.85. The monoisotopic (exact) mass is 346 g/mol. The zero-order chi connectivity index (χ0) is 17.8. The van der Waals surface area contributed by atoms with Gasteiger partial charge in [0.05, 0.1) is 11.3 Å². The number of nitrogens with zero attached hydrogens (tertiary/aromatic N) is 1. The number of fused-ring (bicyclic) bond motifs is 1. The van der Waals surface area contributed by atoms with Crippen LogP contribution in [0.25, 0.3) is 0 Å². The summed E-state index contributed by atoms with van der Waals surface area (Å²) < 4.78 is 39.5. The van der Waals surface area contributed by atoms with Gasteiger partial charge >= 0.3 is 6.18 Å². The predicted molar refractivity (Wildman–Crippen MR) is 81.7 cm³/mol. The number of nitrogens with one attached hydrogen (secondary N) is 1. The molecule has 2 aliphatic rings. The minimum atomic E-state index is -4.65. The Morgan fingerprint density at radius 1 is 1.04 bits per heavy atom. The second-order valence-electron chi connectivity index (χ2n) is 6.32. The molecule has 1 N–H and O–H groups in total. The molecule has 1 unspecified atom stereocenters. The van der Waals surface area contributed by atoms with Crippen LogP contribution in [0.5, 0.6) is 0 Å². The van der Waals surface area contributed by atoms with Crippen LogP contribution in [0.3, 0.4) is 0 Å². The van der Waals surface area contributed by atoms with Gasteiger partial charge in [0, 0.05) is 0 Å². The largest absolute Gasteiger partial charge is 0.433 e. The molecule has 25 heavy (non-hydrogen) atoms. The maximum Gasteiger partial charge on any atom is 0.433 e. The Bertz CT molecular complexity index is 876. The summed E-state index contributed by atoms with van der Waals surface area (Å²) in [4.78, 5) is 28.8. The molecule has 1 saturated carbocycles. The number of carbonyl (C=O) groups is 2. The molecule has 1 fully saturated rings. The van der Waals surface area contributed by atoms with Gasteiger partial charge in [-0.05, 0) is 36.5 Å². The number of rotatable bonds is 2. The van der Waals surface area contributed by atoms with Gasteiger partial charge in [-0.15, -0.1) is 0 Å². The van der Waals surface area contributed by atoms with E-state index in [2.05, 4.69) is 10.3 Å². The van der Waals surface area contributed by atoms with Gasteiger partial charge in [0.2, 0.25) is 5.91 Å². The van der Waals surface area contributed by atoms with Crippen molar-refractivity contribution >= 4 is 11.8 Å². The number of carbonyl (C=O) groups excluding carboxylic acids is 2. The first kappa shape index (κ1) is 15.8. The minimum absolute atomic E-state index is 0.0170. The molecule has 128 valence electrons. The molecule has 4 rings (SSSR count). The van der Waals surface area contributed by atoms with E-state index in [1.807, 2.05) is 0 Å². The third kappa shape index (κ3) is 2.26. The summed E-state index contributed by atoms with van der Waals surface area (Å²) in [5.41, 5.74) is -2.00. The number of pyridine rings is 1. The highest BCUT2D eigenvalue weighted by molar-refractivity contribution is 6.14. The van der Waals surface area contributed by atoms with E-state index in [1.54, 1.807) is 30.3 Å². The quantitative estimate of drug-likeness (QED) is 0.851. The number of benzene rings is 1. The smallest absolute Gasteiger partial charge is 0.291 e. The maximum atomic E-state index is 13.2. The van der Waals surface area contributed by atoms with Gasteiger partial charge in [0.1, 0.15) is 11.1 Å². The van der Waals surface area contributed by atoms with E-state index in [-0.39, 0.29) is 17.2 Å². The molecule has 1 aliphatic carbocycles. The van der Waals surface area contributed by atoms with Gasteiger partial charge < -0.3 is 0 Å². The molecule has 0 bridgehead atoms. The number of hydrogen-bond donors (Lipinski definition) is 1. The molecule has 0 saturated heterocycles. The van der Waals surface area contributed by atoms with Crippen LogP contribution in [0.15, 0.2) is 42.5 Å². The lowest BCUT2D eigenvalue weighted by Crippen LogP contribution is -2.54. The van der Waals surface area contributed by atoms with Gasteiger partial charge in [0.25, 0.3) is 5.91 Å². The highest BCUT2D eigenvalue weighted by Gasteiger charge is 2.58. The lowest BCUT2D eigenvalue weighted by atomic mass is 9.69. The van der Waals surface area contributed by atoms with Crippen LogP contribution in [0.1, 0.15) is 40.2 Å². The Morgan fingerprint density at radius 2 is 1.72 bits per heavy atom. The Balaban J connectivity index is 2.04. The van der Waals surface area contributed by atoms with Gasteiger partial charge in [-0.2, -0.15) is 13.2 Å². The standard InChI is InChI=1S/C18H13F3N2O2/c19-18(20,21)13-9-8-12-14(22-13)17(11-6-7-11,16(25)23-15(12)24)10-4-2-1-3-5-10/h1-5,8-9,11H,6-7H2,(H,23,24,25). The Morgan fingerprint density at radius 3 is 2.32 bits per heavy atom. The van der Waals surface area contributed by atoms with Crippen molar-refractivity contribution in [3.05, 3.63) is 65.0 Å². The highest BCUT2D eigenvalue weighted by Crippen LogP contribution is 2.53. The Labute approximate surface area is 141 Å². The molecule has 1 aromatic heterocycles. The molecule has 1 aromatic carbocycles. The summed E-state index contributed by atoms with van der Waals surface area (Å²) in [6, 6.07) is 10.5. The molecule has 7 heteroatoms. The summed E-state index contributed by atoms with van der Waals surface area (Å²) in [5.74, 6) is -1.50. The maximum absolute atomic E-state index is 13.2. The van der Waals surface area contributed by atoms with E-state index in [1.165, 1.54) is 0 Å². The molecule has 2 heterocycles. The average molecular weight is 346 g/mol. The van der Waals surface area contributed by atoms with Crippen LogP contribution in [-0.4, -0.2) is 16.8 Å². The Hall–Kier alpha value is -2.70. The molecule has 1 atom stereocenters. The third-order valence-corrected chi connectivity index (χ3v) is 4.81. The molecule has 0 spiro atoms. The van der Waals surface area contributed by atoms with Crippen molar-refractivity contribution in [2.45, 2.75) is 24.4 Å². The van der Waals surface area contributed by atoms with Crippen molar-refractivity contribution in [3.63, 3.8) is 0 Å². The van der Waals surface area contributed by atoms with Crippen molar-refractivity contribution in [2.24, 2.45) is 5.92 Å². The van der Waals surface area contributed by atoms with Gasteiger partial charge in [-0.25, -0.2) is 4.98 Å². The van der Waals surface area contributed by atoms with Crippen LogP contribution >= 0.6 is 0 Å². The van der Waals surface area contributed by atoms with E-state index in [4.69, 9.17) is 0 Å². The first-order valence-corrected chi connectivity index (χ1v) is 7.85. The van der Waals surface area contributed by atoms with E-state index in [0.29, 0.717) is 18.4 Å². The fourth-order valence-corrected chi connectivity index (χ4v) is 3.58. The summed E-state index contributed by atoms with van der Waals surface area (Å²) in [7, 11) is 0. The fraction of sp³-hybridized carbons (Fsp3) is 0.278. The predicted octanol–water partition coefficient (Wildman–Crippen LogP) is 3.07. The number of halogens is 3. The summed E-state index contributed by atoms with van der Waals surface area (Å²) in [6.45, 7) is 0. The summed E-state index contributed by atoms with van der Waals surface area (Å²) >= 11 is 0. The SMILES string of the molecule is O=C1NC(=O)C(c2ccccc2)(C2CC2)c2nc(C(F)(F)F)ccc21. The zero-order valence-corrected chi connectivity index (χ0v) is 12.9. The van der Waals surface area contributed by atoms with E-state index in [0.717, 1.165) is 12.1 Å². The third-order valence-electron chi connectivity index (χ3n) is 4.81. The topological polar surface area (TPSA) is 59.1 Å². The molecule has 4 nitrogen and oxygen atoms in total. The summed E-state index contributed by atoms with van der Waals surface area (Å²) in [6.07, 6.45) is -3.28. The molecular weight excluding hydrogens is 333 g/mol. The Kier molecular flexibility index (Phi) is 3.25. The molecule has 2 aromatic rings. The second-order valence-corrected chi connectivity index (χ2v) is 6.32. The zero-order valence-electron chi connectivity index (χ0n) is 12.9.